The van der Waals surface area contributed by atoms with Crippen molar-refractivity contribution in [3.8, 4) is 5.75 Å². The number of hydrogen-bond donors (Lipinski definition) is 1. The molecule has 0 heterocycles. The molecule has 126 valence electrons. The molecule has 0 spiro atoms. The van der Waals surface area contributed by atoms with Gasteiger partial charge in [0.05, 0.1) is 7.11 Å². The third-order valence-corrected chi connectivity index (χ3v) is 2.91. The Hall–Kier alpha value is -2.30. The standard InChI is InChI=1S/C18H25NO4/c1-13(20)14-9-10-16(22-5)15(12-14)8-6-7-11-19-17(21)23-18(2,3)4/h6,8-10,12H,7,11H2,1-5H3,(H,19,21). The molecule has 0 saturated heterocycles. The molecule has 0 atom stereocenters. The first-order valence-electron chi connectivity index (χ1n) is 7.55. The van der Waals surface area contributed by atoms with Crippen molar-refractivity contribution >= 4 is 18.0 Å². The summed E-state index contributed by atoms with van der Waals surface area (Å²) in [5, 5.41) is 2.69. The lowest BCUT2D eigenvalue weighted by atomic mass is 10.1. The van der Waals surface area contributed by atoms with Gasteiger partial charge < -0.3 is 14.8 Å². The van der Waals surface area contributed by atoms with Crippen LogP contribution in [0.5, 0.6) is 5.75 Å². The number of Topliss-reactive ketones (excluding diaryl/α,β-unsaturated/α-hetero) is 1. The number of rotatable bonds is 6. The monoisotopic (exact) mass is 319 g/mol. The van der Waals surface area contributed by atoms with Crippen LogP contribution >= 0.6 is 0 Å². The molecule has 0 aliphatic heterocycles. The zero-order valence-electron chi connectivity index (χ0n) is 14.4. The van der Waals surface area contributed by atoms with E-state index < -0.39 is 11.7 Å². The van der Waals surface area contributed by atoms with Crippen molar-refractivity contribution in [3.05, 3.63) is 35.4 Å². The van der Waals surface area contributed by atoms with Crippen LogP contribution in [0.4, 0.5) is 4.79 Å². The number of amides is 1. The topological polar surface area (TPSA) is 64.6 Å². The second kappa shape index (κ2) is 8.36. The maximum atomic E-state index is 11.5. The third kappa shape index (κ3) is 7.00. The van der Waals surface area contributed by atoms with Gasteiger partial charge in [0.25, 0.3) is 0 Å². The fraction of sp³-hybridized carbons (Fsp3) is 0.444. The van der Waals surface area contributed by atoms with Crippen molar-refractivity contribution in [1.29, 1.82) is 0 Å². The van der Waals surface area contributed by atoms with E-state index in [2.05, 4.69) is 5.32 Å². The molecule has 0 aliphatic rings. The number of benzene rings is 1. The Labute approximate surface area is 137 Å². The second-order valence-corrected chi connectivity index (χ2v) is 6.13. The van der Waals surface area contributed by atoms with Gasteiger partial charge in [-0.25, -0.2) is 4.79 Å². The van der Waals surface area contributed by atoms with Gasteiger partial charge in [-0.15, -0.1) is 0 Å². The summed E-state index contributed by atoms with van der Waals surface area (Å²) in [5.74, 6) is 0.709. The van der Waals surface area contributed by atoms with Crippen LogP contribution in [0.2, 0.25) is 0 Å². The van der Waals surface area contributed by atoms with Crippen LogP contribution in [-0.2, 0) is 4.74 Å². The summed E-state index contributed by atoms with van der Waals surface area (Å²) in [7, 11) is 1.59. The molecule has 1 rings (SSSR count). The molecule has 1 aromatic rings. The zero-order valence-corrected chi connectivity index (χ0v) is 14.4. The van der Waals surface area contributed by atoms with Gasteiger partial charge in [0.1, 0.15) is 11.4 Å². The molecule has 1 N–H and O–H groups in total. The second-order valence-electron chi connectivity index (χ2n) is 6.13. The SMILES string of the molecule is COc1ccc(C(C)=O)cc1C=CCCNC(=O)OC(C)(C)C. The molecule has 1 amide bonds. The summed E-state index contributed by atoms with van der Waals surface area (Å²) < 4.78 is 10.4. The normalized spacial score (nSPS) is 11.3. The fourth-order valence-corrected chi connectivity index (χ4v) is 1.87. The van der Waals surface area contributed by atoms with Crippen LogP contribution in [0.25, 0.3) is 6.08 Å². The minimum atomic E-state index is -0.500. The third-order valence-electron chi connectivity index (χ3n) is 2.91. The summed E-state index contributed by atoms with van der Waals surface area (Å²) in [5.41, 5.74) is 0.968. The van der Waals surface area contributed by atoms with E-state index in [1.165, 1.54) is 6.92 Å². The van der Waals surface area contributed by atoms with E-state index in [-0.39, 0.29) is 5.78 Å². The van der Waals surface area contributed by atoms with Crippen LogP contribution in [0.3, 0.4) is 0 Å². The molecule has 1 aromatic carbocycles. The molecule has 0 unspecified atom stereocenters. The summed E-state index contributed by atoms with van der Waals surface area (Å²) in [6.07, 6.45) is 4.01. The van der Waals surface area contributed by atoms with E-state index >= 15 is 0 Å². The summed E-state index contributed by atoms with van der Waals surface area (Å²) >= 11 is 0. The van der Waals surface area contributed by atoms with Gasteiger partial charge in [0.15, 0.2) is 5.78 Å². The van der Waals surface area contributed by atoms with E-state index in [1.807, 2.05) is 32.9 Å². The first-order chi connectivity index (χ1) is 10.7. The Morgan fingerprint density at radius 3 is 2.52 bits per heavy atom. The van der Waals surface area contributed by atoms with Gasteiger partial charge >= 0.3 is 6.09 Å². The number of hydrogen-bond acceptors (Lipinski definition) is 4. The van der Waals surface area contributed by atoms with Gasteiger partial charge in [0, 0.05) is 17.7 Å². The Balaban J connectivity index is 2.56. The number of ketones is 1. The van der Waals surface area contributed by atoms with Crippen molar-refractivity contribution < 1.29 is 19.1 Å². The maximum Gasteiger partial charge on any atom is 0.407 e. The van der Waals surface area contributed by atoms with Crippen LogP contribution < -0.4 is 10.1 Å². The first-order valence-corrected chi connectivity index (χ1v) is 7.55. The van der Waals surface area contributed by atoms with Crippen molar-refractivity contribution in [1.82, 2.24) is 5.32 Å². The van der Waals surface area contributed by atoms with E-state index in [9.17, 15) is 9.59 Å². The molecule has 0 fully saturated rings. The highest BCUT2D eigenvalue weighted by Gasteiger charge is 2.15. The Morgan fingerprint density at radius 2 is 1.96 bits per heavy atom. The van der Waals surface area contributed by atoms with E-state index in [0.717, 1.165) is 5.56 Å². The van der Waals surface area contributed by atoms with Crippen LogP contribution in [0.1, 0.15) is 50.0 Å². The molecule has 0 aliphatic carbocycles. The predicted octanol–water partition coefficient (Wildman–Crippen LogP) is 3.83. The average Bonchev–Trinajstić information content (AvgIpc) is 2.44. The average molecular weight is 319 g/mol. The highest BCUT2D eigenvalue weighted by molar-refractivity contribution is 5.95. The Morgan fingerprint density at radius 1 is 1.26 bits per heavy atom. The Bertz CT molecular complexity index is 585. The molecule has 0 aromatic heterocycles. The van der Waals surface area contributed by atoms with Crippen molar-refractivity contribution in [2.24, 2.45) is 0 Å². The minimum absolute atomic E-state index is 0.00824. The number of alkyl carbamates (subject to hydrolysis) is 1. The summed E-state index contributed by atoms with van der Waals surface area (Å²) in [6, 6.07) is 5.30. The molecular formula is C18H25NO4. The molecule has 5 nitrogen and oxygen atoms in total. The summed E-state index contributed by atoms with van der Waals surface area (Å²) in [4.78, 5) is 22.9. The van der Waals surface area contributed by atoms with Gasteiger partial charge in [0.2, 0.25) is 0 Å². The summed E-state index contributed by atoms with van der Waals surface area (Å²) in [6.45, 7) is 7.46. The van der Waals surface area contributed by atoms with E-state index in [0.29, 0.717) is 24.3 Å². The maximum absolute atomic E-state index is 11.5. The number of methoxy groups -OCH3 is 1. The number of carbonyl (C=O) groups is 2. The smallest absolute Gasteiger partial charge is 0.407 e. The number of nitrogens with one attached hydrogen (secondary N) is 1. The van der Waals surface area contributed by atoms with Crippen LogP contribution in [0.15, 0.2) is 24.3 Å². The number of ether oxygens (including phenoxy) is 2. The predicted molar refractivity (Wildman–Crippen MR) is 90.9 cm³/mol. The minimum Gasteiger partial charge on any atom is -0.496 e. The zero-order chi connectivity index (χ0) is 17.5. The lowest BCUT2D eigenvalue weighted by molar-refractivity contribution is 0.0528. The van der Waals surface area contributed by atoms with Gasteiger partial charge in [-0.1, -0.05) is 12.2 Å². The van der Waals surface area contributed by atoms with E-state index in [4.69, 9.17) is 9.47 Å². The molecule has 0 saturated carbocycles. The van der Waals surface area contributed by atoms with Crippen LogP contribution in [0, 0.1) is 0 Å². The van der Waals surface area contributed by atoms with Crippen molar-refractivity contribution in [2.45, 2.75) is 39.7 Å². The van der Waals surface area contributed by atoms with Crippen molar-refractivity contribution in [2.75, 3.05) is 13.7 Å². The van der Waals surface area contributed by atoms with Crippen LogP contribution in [-0.4, -0.2) is 31.1 Å². The largest absolute Gasteiger partial charge is 0.496 e. The van der Waals surface area contributed by atoms with Gasteiger partial charge in [-0.05, 0) is 52.3 Å². The quantitative estimate of drug-likeness (QED) is 0.639. The Kier molecular flexibility index (Phi) is 6.82. The van der Waals surface area contributed by atoms with Gasteiger partial charge in [-0.2, -0.15) is 0 Å². The lowest BCUT2D eigenvalue weighted by Crippen LogP contribution is -2.32. The first kappa shape index (κ1) is 18.7. The highest BCUT2D eigenvalue weighted by Crippen LogP contribution is 2.21. The molecular weight excluding hydrogens is 294 g/mol. The lowest BCUT2D eigenvalue weighted by Gasteiger charge is -2.19. The fourth-order valence-electron chi connectivity index (χ4n) is 1.87. The van der Waals surface area contributed by atoms with Gasteiger partial charge in [-0.3, -0.25) is 4.79 Å². The molecule has 0 radical (unpaired) electrons. The highest BCUT2D eigenvalue weighted by atomic mass is 16.6. The van der Waals surface area contributed by atoms with E-state index in [1.54, 1.807) is 25.3 Å². The van der Waals surface area contributed by atoms with Crippen molar-refractivity contribution in [3.63, 3.8) is 0 Å². The molecule has 0 bridgehead atoms. The molecule has 23 heavy (non-hydrogen) atoms. The molecule has 5 heteroatoms. The number of carbonyl (C=O) groups excluding carboxylic acids is 2.